The molecule has 2 heterocycles. The van der Waals surface area contributed by atoms with Gasteiger partial charge in [-0.2, -0.15) is 0 Å². The van der Waals surface area contributed by atoms with Gasteiger partial charge in [0.25, 0.3) is 5.91 Å². The van der Waals surface area contributed by atoms with Crippen molar-refractivity contribution in [3.63, 3.8) is 0 Å². The number of fused-ring (bicyclic) bond motifs is 1. The van der Waals surface area contributed by atoms with Crippen LogP contribution >= 0.6 is 11.3 Å². The number of benzene rings is 1. The maximum absolute atomic E-state index is 12.3. The largest absolute Gasteiger partial charge is 0.472 e. The van der Waals surface area contributed by atoms with E-state index >= 15 is 0 Å². The smallest absolute Gasteiger partial charge is 0.257 e. The summed E-state index contributed by atoms with van der Waals surface area (Å²) in [6, 6.07) is 9.59. The molecule has 0 aliphatic rings. The van der Waals surface area contributed by atoms with E-state index in [9.17, 15) is 4.79 Å². The Kier molecular flexibility index (Phi) is 3.28. The van der Waals surface area contributed by atoms with Crippen LogP contribution in [-0.2, 0) is 0 Å². The summed E-state index contributed by atoms with van der Waals surface area (Å²) in [5.41, 5.74) is 1.53. The molecule has 0 aliphatic heterocycles. The maximum Gasteiger partial charge on any atom is 0.257 e. The lowest BCUT2D eigenvalue weighted by Gasteiger charge is -2.22. The second kappa shape index (κ2) is 5.09. The van der Waals surface area contributed by atoms with Gasteiger partial charge in [0, 0.05) is 7.05 Å². The maximum atomic E-state index is 12.3. The molecular formula is C15H14N2O2S. The van der Waals surface area contributed by atoms with Crippen LogP contribution in [0.3, 0.4) is 0 Å². The fourth-order valence-corrected chi connectivity index (χ4v) is 3.06. The molecule has 0 N–H and O–H groups in total. The number of hydrogen-bond acceptors (Lipinski definition) is 4. The molecule has 0 saturated heterocycles. The number of aromatic nitrogens is 1. The third-order valence-electron chi connectivity index (χ3n) is 3.34. The Morgan fingerprint density at radius 3 is 2.85 bits per heavy atom. The van der Waals surface area contributed by atoms with Crippen molar-refractivity contribution in [1.29, 1.82) is 0 Å². The van der Waals surface area contributed by atoms with Gasteiger partial charge < -0.3 is 9.32 Å². The van der Waals surface area contributed by atoms with Gasteiger partial charge in [0.15, 0.2) is 0 Å². The Balaban J connectivity index is 1.87. The number of thiazole rings is 1. The molecule has 102 valence electrons. The number of rotatable bonds is 3. The zero-order chi connectivity index (χ0) is 14.1. The van der Waals surface area contributed by atoms with E-state index in [1.807, 2.05) is 31.2 Å². The third-order valence-corrected chi connectivity index (χ3v) is 4.54. The minimum absolute atomic E-state index is 0.0643. The predicted octanol–water partition coefficient (Wildman–Crippen LogP) is 3.72. The number of furan rings is 1. The number of nitrogens with zero attached hydrogens (tertiary/aromatic N) is 2. The van der Waals surface area contributed by atoms with Gasteiger partial charge in [-0.05, 0) is 25.1 Å². The van der Waals surface area contributed by atoms with Crippen molar-refractivity contribution in [3.05, 3.63) is 53.4 Å². The van der Waals surface area contributed by atoms with Crippen LogP contribution in [0.4, 0.5) is 0 Å². The second-order valence-electron chi connectivity index (χ2n) is 4.62. The molecule has 0 spiro atoms. The monoisotopic (exact) mass is 286 g/mol. The first-order valence-corrected chi connectivity index (χ1v) is 7.13. The first kappa shape index (κ1) is 12.9. The molecule has 3 aromatic rings. The number of carbonyl (C=O) groups is 1. The molecule has 0 saturated carbocycles. The molecule has 3 rings (SSSR count). The lowest BCUT2D eigenvalue weighted by Crippen LogP contribution is -2.29. The van der Waals surface area contributed by atoms with E-state index in [2.05, 4.69) is 4.98 Å². The van der Waals surface area contributed by atoms with Gasteiger partial charge in [-0.3, -0.25) is 4.79 Å². The Morgan fingerprint density at radius 2 is 2.15 bits per heavy atom. The summed E-state index contributed by atoms with van der Waals surface area (Å²) in [5, 5.41) is 0.936. The van der Waals surface area contributed by atoms with Crippen LogP contribution < -0.4 is 0 Å². The molecule has 2 aromatic heterocycles. The first-order valence-electron chi connectivity index (χ1n) is 6.31. The summed E-state index contributed by atoms with van der Waals surface area (Å²) in [6.07, 6.45) is 2.97. The predicted molar refractivity (Wildman–Crippen MR) is 78.8 cm³/mol. The van der Waals surface area contributed by atoms with Crippen molar-refractivity contribution < 1.29 is 9.21 Å². The number of para-hydroxylation sites is 1. The highest BCUT2D eigenvalue weighted by Gasteiger charge is 2.22. The van der Waals surface area contributed by atoms with Crippen molar-refractivity contribution in [1.82, 2.24) is 9.88 Å². The molecule has 1 aromatic carbocycles. The van der Waals surface area contributed by atoms with Gasteiger partial charge in [-0.1, -0.05) is 12.1 Å². The number of amides is 1. The standard InChI is InChI=1S/C15H14N2O2S/c1-10(17(2)15(18)11-7-8-19-9-11)14-16-12-5-3-4-6-13(12)20-14/h3-10H,1-2H3. The van der Waals surface area contributed by atoms with E-state index in [1.54, 1.807) is 29.4 Å². The van der Waals surface area contributed by atoms with Crippen LogP contribution in [0.1, 0.15) is 28.3 Å². The van der Waals surface area contributed by atoms with Crippen LogP contribution in [0.5, 0.6) is 0 Å². The summed E-state index contributed by atoms with van der Waals surface area (Å²) in [5.74, 6) is -0.0643. The Labute approximate surface area is 120 Å². The van der Waals surface area contributed by atoms with E-state index in [1.165, 1.54) is 12.5 Å². The molecule has 4 nitrogen and oxygen atoms in total. The van der Waals surface area contributed by atoms with Crippen LogP contribution in [0, 0.1) is 0 Å². The average Bonchev–Trinajstić information content (AvgIpc) is 3.13. The van der Waals surface area contributed by atoms with Gasteiger partial charge in [-0.15, -0.1) is 11.3 Å². The van der Waals surface area contributed by atoms with Crippen molar-refractivity contribution in [3.8, 4) is 0 Å². The lowest BCUT2D eigenvalue weighted by molar-refractivity contribution is 0.0742. The lowest BCUT2D eigenvalue weighted by atomic mass is 10.2. The molecular weight excluding hydrogens is 272 g/mol. The molecule has 1 amide bonds. The van der Waals surface area contributed by atoms with Crippen LogP contribution in [0.2, 0.25) is 0 Å². The Morgan fingerprint density at radius 1 is 1.35 bits per heavy atom. The quantitative estimate of drug-likeness (QED) is 0.737. The van der Waals surface area contributed by atoms with E-state index < -0.39 is 0 Å². The summed E-state index contributed by atoms with van der Waals surface area (Å²) in [7, 11) is 1.78. The molecule has 0 fully saturated rings. The topological polar surface area (TPSA) is 46.3 Å². The normalized spacial score (nSPS) is 12.5. The van der Waals surface area contributed by atoms with Gasteiger partial charge in [0.1, 0.15) is 11.3 Å². The summed E-state index contributed by atoms with van der Waals surface area (Å²) in [4.78, 5) is 18.6. The van der Waals surface area contributed by atoms with Gasteiger partial charge >= 0.3 is 0 Å². The fraction of sp³-hybridized carbons (Fsp3) is 0.200. The second-order valence-corrected chi connectivity index (χ2v) is 5.69. The minimum Gasteiger partial charge on any atom is -0.472 e. The Bertz CT molecular complexity index is 700. The van der Waals surface area contributed by atoms with E-state index in [0.29, 0.717) is 5.56 Å². The molecule has 0 aliphatic carbocycles. The van der Waals surface area contributed by atoms with Crippen molar-refractivity contribution >= 4 is 27.5 Å². The molecule has 20 heavy (non-hydrogen) atoms. The van der Waals surface area contributed by atoms with Crippen molar-refractivity contribution in [2.24, 2.45) is 0 Å². The minimum atomic E-state index is -0.0743. The molecule has 0 bridgehead atoms. The third kappa shape index (κ3) is 2.20. The molecule has 0 radical (unpaired) electrons. The van der Waals surface area contributed by atoms with Crippen LogP contribution in [-0.4, -0.2) is 22.8 Å². The fourth-order valence-electron chi connectivity index (χ4n) is 2.00. The Hall–Kier alpha value is -2.14. The zero-order valence-electron chi connectivity index (χ0n) is 11.2. The summed E-state index contributed by atoms with van der Waals surface area (Å²) in [6.45, 7) is 1.98. The zero-order valence-corrected chi connectivity index (χ0v) is 12.1. The SMILES string of the molecule is CC(c1nc2ccccc2s1)N(C)C(=O)c1ccoc1. The van der Waals surface area contributed by atoms with E-state index in [-0.39, 0.29) is 11.9 Å². The number of hydrogen-bond donors (Lipinski definition) is 0. The summed E-state index contributed by atoms with van der Waals surface area (Å²) < 4.78 is 6.10. The van der Waals surface area contributed by atoms with Gasteiger partial charge in [0.05, 0.1) is 28.1 Å². The highest BCUT2D eigenvalue weighted by atomic mass is 32.1. The van der Waals surface area contributed by atoms with Crippen LogP contribution in [0.25, 0.3) is 10.2 Å². The highest BCUT2D eigenvalue weighted by molar-refractivity contribution is 7.18. The van der Waals surface area contributed by atoms with Gasteiger partial charge in [-0.25, -0.2) is 4.98 Å². The van der Waals surface area contributed by atoms with Crippen molar-refractivity contribution in [2.45, 2.75) is 13.0 Å². The van der Waals surface area contributed by atoms with Crippen molar-refractivity contribution in [2.75, 3.05) is 7.05 Å². The average molecular weight is 286 g/mol. The molecule has 1 unspecified atom stereocenters. The number of carbonyl (C=O) groups excluding carboxylic acids is 1. The molecule has 1 atom stereocenters. The summed E-state index contributed by atoms with van der Waals surface area (Å²) >= 11 is 1.62. The van der Waals surface area contributed by atoms with E-state index in [0.717, 1.165) is 15.2 Å². The molecule has 5 heteroatoms. The van der Waals surface area contributed by atoms with Gasteiger partial charge in [0.2, 0.25) is 0 Å². The highest BCUT2D eigenvalue weighted by Crippen LogP contribution is 2.29. The first-order chi connectivity index (χ1) is 9.66. The van der Waals surface area contributed by atoms with E-state index in [4.69, 9.17) is 4.42 Å². The van der Waals surface area contributed by atoms with Crippen LogP contribution in [0.15, 0.2) is 47.3 Å².